The summed E-state index contributed by atoms with van der Waals surface area (Å²) in [6, 6.07) is 1.26. The highest BCUT2D eigenvalue weighted by Gasteiger charge is 2.29. The third-order valence-electron chi connectivity index (χ3n) is 3.93. The molecule has 2 aliphatic rings. The summed E-state index contributed by atoms with van der Waals surface area (Å²) in [5.41, 5.74) is 1.41. The van der Waals surface area contributed by atoms with E-state index >= 15 is 0 Å². The molecule has 17 heavy (non-hydrogen) atoms. The van der Waals surface area contributed by atoms with Gasteiger partial charge in [-0.05, 0) is 52.6 Å². The predicted octanol–water partition coefficient (Wildman–Crippen LogP) is 1.53. The van der Waals surface area contributed by atoms with Gasteiger partial charge >= 0.3 is 0 Å². The molecule has 1 saturated heterocycles. The van der Waals surface area contributed by atoms with E-state index in [2.05, 4.69) is 30.1 Å². The molecule has 0 aromatic carbocycles. The molecule has 1 saturated carbocycles. The van der Waals surface area contributed by atoms with Gasteiger partial charge in [0.05, 0.1) is 6.10 Å². The average Bonchev–Trinajstić information content (AvgIpc) is 2.26. The molecule has 2 rings (SSSR count). The maximum atomic E-state index is 9.26. The number of rotatable bonds is 4. The number of aliphatic hydroxyl groups is 1. The van der Waals surface area contributed by atoms with Crippen LogP contribution in [0.3, 0.4) is 0 Å². The minimum Gasteiger partial charge on any atom is -0.393 e. The van der Waals surface area contributed by atoms with Crippen molar-refractivity contribution in [2.24, 2.45) is 0 Å². The zero-order valence-electron chi connectivity index (χ0n) is 11.2. The number of likely N-dealkylation sites (tertiary alicyclic amines) is 1. The Hall–Kier alpha value is -0.380. The average molecular weight is 238 g/mol. The number of nitrogens with zero attached hydrogens (tertiary/aromatic N) is 1. The summed E-state index contributed by atoms with van der Waals surface area (Å²) in [6.07, 6.45) is 6.70. The van der Waals surface area contributed by atoms with Gasteiger partial charge in [0.2, 0.25) is 0 Å². The van der Waals surface area contributed by atoms with Crippen LogP contribution < -0.4 is 5.32 Å². The number of hydrogen-bond acceptors (Lipinski definition) is 3. The van der Waals surface area contributed by atoms with Gasteiger partial charge in [0.25, 0.3) is 0 Å². The minimum atomic E-state index is -0.0368. The van der Waals surface area contributed by atoms with E-state index in [-0.39, 0.29) is 6.10 Å². The first-order valence-corrected chi connectivity index (χ1v) is 6.93. The van der Waals surface area contributed by atoms with Gasteiger partial charge in [0.15, 0.2) is 0 Å². The van der Waals surface area contributed by atoms with Crippen LogP contribution >= 0.6 is 0 Å². The van der Waals surface area contributed by atoms with E-state index in [1.807, 2.05) is 0 Å². The number of aliphatic hydroxyl groups excluding tert-OH is 1. The SMILES string of the molecule is CC(C)=CCN1CCC(NC2CC(O)C2)CC1. The first-order valence-electron chi connectivity index (χ1n) is 6.93. The van der Waals surface area contributed by atoms with Gasteiger partial charge in [-0.3, -0.25) is 4.90 Å². The van der Waals surface area contributed by atoms with E-state index in [0.717, 1.165) is 19.4 Å². The lowest BCUT2D eigenvalue weighted by Gasteiger charge is -2.39. The van der Waals surface area contributed by atoms with Crippen molar-refractivity contribution in [1.82, 2.24) is 10.2 Å². The van der Waals surface area contributed by atoms with Crippen LogP contribution in [0.25, 0.3) is 0 Å². The Bertz CT molecular complexity index is 259. The zero-order chi connectivity index (χ0) is 12.3. The number of allylic oxidation sites excluding steroid dienone is 1. The normalized spacial score (nSPS) is 31.0. The molecule has 1 heterocycles. The highest BCUT2D eigenvalue weighted by molar-refractivity contribution is 4.96. The molecular weight excluding hydrogens is 212 g/mol. The van der Waals surface area contributed by atoms with Gasteiger partial charge in [-0.25, -0.2) is 0 Å². The first-order chi connectivity index (χ1) is 8.13. The lowest BCUT2D eigenvalue weighted by atomic mass is 9.88. The molecule has 0 aromatic heterocycles. The fraction of sp³-hybridized carbons (Fsp3) is 0.857. The molecule has 1 aliphatic carbocycles. The quantitative estimate of drug-likeness (QED) is 0.729. The Morgan fingerprint density at radius 2 is 1.88 bits per heavy atom. The molecular formula is C14H26N2O. The Kier molecular flexibility index (Phi) is 4.60. The Morgan fingerprint density at radius 1 is 1.24 bits per heavy atom. The molecule has 0 unspecified atom stereocenters. The number of piperidine rings is 1. The molecule has 0 bridgehead atoms. The molecule has 2 fully saturated rings. The van der Waals surface area contributed by atoms with Crippen molar-refractivity contribution in [2.75, 3.05) is 19.6 Å². The van der Waals surface area contributed by atoms with E-state index in [9.17, 15) is 5.11 Å². The highest BCUT2D eigenvalue weighted by Crippen LogP contribution is 2.22. The second-order valence-electron chi connectivity index (χ2n) is 5.85. The molecule has 98 valence electrons. The molecule has 0 aromatic rings. The van der Waals surface area contributed by atoms with Crippen LogP contribution in [0.4, 0.5) is 0 Å². The molecule has 0 amide bonds. The zero-order valence-corrected chi connectivity index (χ0v) is 11.2. The topological polar surface area (TPSA) is 35.5 Å². The molecule has 1 aliphatic heterocycles. The summed E-state index contributed by atoms with van der Waals surface area (Å²) in [7, 11) is 0. The van der Waals surface area contributed by atoms with Gasteiger partial charge in [-0.15, -0.1) is 0 Å². The van der Waals surface area contributed by atoms with Crippen molar-refractivity contribution in [2.45, 2.75) is 57.7 Å². The number of nitrogens with one attached hydrogen (secondary N) is 1. The van der Waals surface area contributed by atoms with E-state index in [0.29, 0.717) is 12.1 Å². The molecule has 3 nitrogen and oxygen atoms in total. The fourth-order valence-corrected chi connectivity index (χ4v) is 2.65. The van der Waals surface area contributed by atoms with Crippen molar-refractivity contribution in [3.05, 3.63) is 11.6 Å². The van der Waals surface area contributed by atoms with Crippen LogP contribution in [0, 0.1) is 0 Å². The lowest BCUT2D eigenvalue weighted by molar-refractivity contribution is 0.0527. The second-order valence-corrected chi connectivity index (χ2v) is 5.85. The minimum absolute atomic E-state index is 0.0368. The highest BCUT2D eigenvalue weighted by atomic mass is 16.3. The van der Waals surface area contributed by atoms with Gasteiger partial charge in [0, 0.05) is 18.6 Å². The van der Waals surface area contributed by atoms with Crippen LogP contribution in [0.15, 0.2) is 11.6 Å². The molecule has 0 atom stereocenters. The van der Waals surface area contributed by atoms with Crippen LogP contribution in [-0.4, -0.2) is 47.8 Å². The Morgan fingerprint density at radius 3 is 2.41 bits per heavy atom. The van der Waals surface area contributed by atoms with Crippen LogP contribution in [0.1, 0.15) is 39.5 Å². The van der Waals surface area contributed by atoms with E-state index in [4.69, 9.17) is 0 Å². The summed E-state index contributed by atoms with van der Waals surface area (Å²) in [5.74, 6) is 0. The third-order valence-corrected chi connectivity index (χ3v) is 3.93. The standard InChI is InChI=1S/C14H26N2O/c1-11(2)3-6-16-7-4-12(5-8-16)15-13-9-14(17)10-13/h3,12-15,17H,4-10H2,1-2H3. The summed E-state index contributed by atoms with van der Waals surface area (Å²) < 4.78 is 0. The van der Waals surface area contributed by atoms with Gasteiger partial charge in [-0.1, -0.05) is 11.6 Å². The molecule has 3 heteroatoms. The van der Waals surface area contributed by atoms with Crippen molar-refractivity contribution in [3.8, 4) is 0 Å². The lowest BCUT2D eigenvalue weighted by Crippen LogP contribution is -2.51. The monoisotopic (exact) mass is 238 g/mol. The van der Waals surface area contributed by atoms with Gasteiger partial charge in [-0.2, -0.15) is 0 Å². The van der Waals surface area contributed by atoms with E-state index < -0.39 is 0 Å². The Balaban J connectivity index is 1.62. The van der Waals surface area contributed by atoms with Crippen molar-refractivity contribution in [3.63, 3.8) is 0 Å². The maximum absolute atomic E-state index is 9.26. The van der Waals surface area contributed by atoms with Gasteiger partial charge in [0.1, 0.15) is 0 Å². The summed E-state index contributed by atoms with van der Waals surface area (Å²) in [4.78, 5) is 2.53. The van der Waals surface area contributed by atoms with Crippen LogP contribution in [-0.2, 0) is 0 Å². The van der Waals surface area contributed by atoms with Crippen molar-refractivity contribution in [1.29, 1.82) is 0 Å². The predicted molar refractivity (Wildman–Crippen MR) is 71.1 cm³/mol. The van der Waals surface area contributed by atoms with Crippen LogP contribution in [0.2, 0.25) is 0 Å². The fourth-order valence-electron chi connectivity index (χ4n) is 2.65. The molecule has 2 N–H and O–H groups in total. The second kappa shape index (κ2) is 5.98. The third kappa shape index (κ3) is 4.09. The first kappa shape index (κ1) is 13.1. The van der Waals surface area contributed by atoms with E-state index in [1.165, 1.54) is 31.5 Å². The smallest absolute Gasteiger partial charge is 0.0570 e. The summed E-state index contributed by atoms with van der Waals surface area (Å²) in [5, 5.41) is 12.9. The number of hydrogen-bond donors (Lipinski definition) is 2. The van der Waals surface area contributed by atoms with Gasteiger partial charge < -0.3 is 10.4 Å². The van der Waals surface area contributed by atoms with Crippen LogP contribution in [0.5, 0.6) is 0 Å². The van der Waals surface area contributed by atoms with Crippen molar-refractivity contribution >= 4 is 0 Å². The maximum Gasteiger partial charge on any atom is 0.0570 e. The van der Waals surface area contributed by atoms with E-state index in [1.54, 1.807) is 0 Å². The van der Waals surface area contributed by atoms with Crippen molar-refractivity contribution < 1.29 is 5.11 Å². The Labute approximate surface area is 105 Å². The summed E-state index contributed by atoms with van der Waals surface area (Å²) in [6.45, 7) is 7.84. The molecule has 0 radical (unpaired) electrons. The molecule has 0 spiro atoms. The summed E-state index contributed by atoms with van der Waals surface area (Å²) >= 11 is 0. The largest absolute Gasteiger partial charge is 0.393 e.